The molecule has 0 radical (unpaired) electrons. The van der Waals surface area contributed by atoms with Crippen molar-refractivity contribution in [2.45, 2.75) is 136 Å². The fraction of sp³-hybridized carbons (Fsp3) is 0.978. The van der Waals surface area contributed by atoms with Crippen LogP contribution in [0.15, 0.2) is 0 Å². The summed E-state index contributed by atoms with van der Waals surface area (Å²) in [6.07, 6.45) is 17.3. The minimum absolute atomic E-state index is 0.132. The number of unbranched alkanes of at least 4 members (excludes halogenated alkanes) is 12. The summed E-state index contributed by atoms with van der Waals surface area (Å²) in [6.45, 7) is 25.4. The van der Waals surface area contributed by atoms with Crippen molar-refractivity contribution in [3.63, 3.8) is 0 Å². The quantitative estimate of drug-likeness (QED) is 0.0329. The van der Waals surface area contributed by atoms with Crippen LogP contribution in [-0.2, 0) is 66.1 Å². The van der Waals surface area contributed by atoms with Crippen molar-refractivity contribution in [2.24, 2.45) is 0 Å². The van der Waals surface area contributed by atoms with Crippen molar-refractivity contribution in [1.29, 1.82) is 0 Å². The van der Waals surface area contributed by atoms with Gasteiger partial charge < -0.3 is 61.3 Å². The van der Waals surface area contributed by atoms with Crippen molar-refractivity contribution >= 4 is 14.3 Å². The summed E-state index contributed by atoms with van der Waals surface area (Å²) < 4.78 is 72.1. The van der Waals surface area contributed by atoms with Gasteiger partial charge in [-0.2, -0.15) is 0 Å². The van der Waals surface area contributed by atoms with E-state index < -0.39 is 8.32 Å². The van der Waals surface area contributed by atoms with E-state index >= 15 is 0 Å². The molecule has 0 heterocycles. The summed E-state index contributed by atoms with van der Waals surface area (Å²) in [6, 6.07) is 0. The molecule has 0 saturated carbocycles. The maximum Gasteiger partial charge on any atom is 0.305 e. The number of esters is 1. The van der Waals surface area contributed by atoms with Crippen LogP contribution in [0, 0.1) is 0 Å². The number of hydrogen-bond donors (Lipinski definition) is 0. The largest absolute Gasteiger partial charge is 0.463 e. The Labute approximate surface area is 373 Å². The van der Waals surface area contributed by atoms with E-state index in [4.69, 9.17) is 61.3 Å². The standard InChI is InChI=1S/C46H94O14Si/c1-7-8-9-10-11-12-13-14-15-16-17-18-19-20-45(47)59-43-41-57-39-37-55-35-33-53-31-29-51-27-25-49-23-21-48-22-24-50-26-28-52-30-32-54-34-36-56-38-40-58-42-44-60-61(5,6)46(2,3)4/h7-44H2,1-6H3. The van der Waals surface area contributed by atoms with Crippen molar-refractivity contribution in [3.8, 4) is 0 Å². The van der Waals surface area contributed by atoms with Gasteiger partial charge in [-0.15, -0.1) is 0 Å². The molecule has 0 N–H and O–H groups in total. The van der Waals surface area contributed by atoms with Gasteiger partial charge in [-0.25, -0.2) is 0 Å². The van der Waals surface area contributed by atoms with Crippen molar-refractivity contribution < 1.29 is 66.1 Å². The van der Waals surface area contributed by atoms with Gasteiger partial charge >= 0.3 is 5.97 Å². The van der Waals surface area contributed by atoms with Gasteiger partial charge in [0.05, 0.1) is 152 Å². The van der Waals surface area contributed by atoms with E-state index in [0.717, 1.165) is 12.8 Å². The lowest BCUT2D eigenvalue weighted by molar-refractivity contribution is -0.145. The molecule has 0 aromatic rings. The molecule has 0 bridgehead atoms. The summed E-state index contributed by atoms with van der Waals surface area (Å²) in [7, 11) is -1.71. The van der Waals surface area contributed by atoms with E-state index in [-0.39, 0.29) is 17.6 Å². The van der Waals surface area contributed by atoms with Crippen molar-refractivity contribution in [2.75, 3.05) is 159 Å². The third kappa shape index (κ3) is 47.0. The lowest BCUT2D eigenvalue weighted by Crippen LogP contribution is -2.41. The second-order valence-electron chi connectivity index (χ2n) is 16.6. The Hall–Kier alpha value is -0.793. The minimum atomic E-state index is -1.71. The lowest BCUT2D eigenvalue weighted by atomic mass is 10.0. The van der Waals surface area contributed by atoms with Crippen LogP contribution in [-0.4, -0.2) is 173 Å². The van der Waals surface area contributed by atoms with Gasteiger partial charge in [0, 0.05) is 6.42 Å². The van der Waals surface area contributed by atoms with Crippen LogP contribution in [0.3, 0.4) is 0 Å². The summed E-state index contributed by atoms with van der Waals surface area (Å²) in [5, 5.41) is 0.213. The number of carbonyl (C=O) groups is 1. The highest BCUT2D eigenvalue weighted by Crippen LogP contribution is 2.36. The smallest absolute Gasteiger partial charge is 0.305 e. The molecule has 0 amide bonds. The third-order valence-electron chi connectivity index (χ3n) is 10.2. The molecular weight excluding hydrogens is 805 g/mol. The van der Waals surface area contributed by atoms with Gasteiger partial charge in [0.2, 0.25) is 0 Å². The number of ether oxygens (including phenoxy) is 12. The molecule has 0 aromatic carbocycles. The number of carbonyl (C=O) groups excluding carboxylic acids is 1. The second-order valence-corrected chi connectivity index (χ2v) is 21.4. The second kappa shape index (κ2) is 47.2. The zero-order valence-corrected chi connectivity index (χ0v) is 41.1. The van der Waals surface area contributed by atoms with E-state index in [1.807, 2.05) is 0 Å². The molecule has 0 aliphatic rings. The first-order valence-corrected chi connectivity index (χ1v) is 26.8. The van der Waals surface area contributed by atoms with Crippen LogP contribution in [0.25, 0.3) is 0 Å². The van der Waals surface area contributed by atoms with Gasteiger partial charge in [-0.3, -0.25) is 4.79 Å². The van der Waals surface area contributed by atoms with Crippen molar-refractivity contribution in [1.82, 2.24) is 0 Å². The Morgan fingerprint density at radius 3 is 0.836 bits per heavy atom. The van der Waals surface area contributed by atoms with Crippen LogP contribution in [0.4, 0.5) is 0 Å². The Morgan fingerprint density at radius 1 is 0.344 bits per heavy atom. The Morgan fingerprint density at radius 2 is 0.574 bits per heavy atom. The Balaban J connectivity index is 3.16. The Bertz CT molecular complexity index is 880. The minimum Gasteiger partial charge on any atom is -0.463 e. The maximum absolute atomic E-state index is 11.9. The summed E-state index contributed by atoms with van der Waals surface area (Å²) in [5.74, 6) is -0.132. The number of hydrogen-bond acceptors (Lipinski definition) is 14. The first-order valence-electron chi connectivity index (χ1n) is 23.9. The molecular formula is C46H94O14Si. The van der Waals surface area contributed by atoms with Crippen LogP contribution >= 0.6 is 0 Å². The van der Waals surface area contributed by atoms with Crippen LogP contribution in [0.2, 0.25) is 18.1 Å². The van der Waals surface area contributed by atoms with Crippen LogP contribution < -0.4 is 0 Å². The predicted molar refractivity (Wildman–Crippen MR) is 243 cm³/mol. The van der Waals surface area contributed by atoms with Gasteiger partial charge in [0.1, 0.15) is 6.61 Å². The molecule has 61 heavy (non-hydrogen) atoms. The van der Waals surface area contributed by atoms with E-state index in [1.165, 1.54) is 70.6 Å². The molecule has 0 unspecified atom stereocenters. The van der Waals surface area contributed by atoms with E-state index in [1.54, 1.807) is 0 Å². The molecule has 0 aliphatic heterocycles. The first kappa shape index (κ1) is 60.2. The average Bonchev–Trinajstić information content (AvgIpc) is 3.23. The molecule has 0 fully saturated rings. The molecule has 0 spiro atoms. The molecule has 0 atom stereocenters. The first-order chi connectivity index (χ1) is 29.7. The molecule has 14 nitrogen and oxygen atoms in total. The highest BCUT2D eigenvalue weighted by molar-refractivity contribution is 6.74. The Kier molecular flexibility index (Phi) is 46.6. The molecule has 15 heteroatoms. The maximum atomic E-state index is 11.9. The third-order valence-corrected chi connectivity index (χ3v) is 14.7. The normalized spacial score (nSPS) is 12.2. The fourth-order valence-electron chi connectivity index (χ4n) is 5.45. The van der Waals surface area contributed by atoms with E-state index in [2.05, 4.69) is 40.8 Å². The molecule has 0 saturated heterocycles. The van der Waals surface area contributed by atoms with Crippen LogP contribution in [0.1, 0.15) is 118 Å². The highest BCUT2D eigenvalue weighted by Gasteiger charge is 2.36. The zero-order valence-electron chi connectivity index (χ0n) is 40.1. The van der Waals surface area contributed by atoms with Crippen molar-refractivity contribution in [3.05, 3.63) is 0 Å². The predicted octanol–water partition coefficient (Wildman–Crippen LogP) is 8.22. The van der Waals surface area contributed by atoms with Gasteiger partial charge in [-0.1, -0.05) is 105 Å². The summed E-state index contributed by atoms with van der Waals surface area (Å²) in [4.78, 5) is 11.9. The number of rotatable bonds is 51. The molecule has 0 aromatic heterocycles. The van der Waals surface area contributed by atoms with Gasteiger partial charge in [-0.05, 0) is 24.6 Å². The summed E-state index contributed by atoms with van der Waals surface area (Å²) >= 11 is 0. The monoisotopic (exact) mass is 899 g/mol. The lowest BCUT2D eigenvalue weighted by Gasteiger charge is -2.36. The SMILES string of the molecule is CCCCCCCCCCCCCCCC(=O)OCCOCCOCCOCCOCCOCCOCCOCCOCCOCCOCCOCCO[Si](C)(C)C(C)(C)C. The van der Waals surface area contributed by atoms with Gasteiger partial charge in [0.25, 0.3) is 0 Å². The fourth-order valence-corrected chi connectivity index (χ4v) is 6.47. The molecule has 0 aliphatic carbocycles. The average molecular weight is 899 g/mol. The van der Waals surface area contributed by atoms with Crippen LogP contribution in [0.5, 0.6) is 0 Å². The van der Waals surface area contributed by atoms with E-state index in [0.29, 0.717) is 158 Å². The summed E-state index contributed by atoms with van der Waals surface area (Å²) in [5.41, 5.74) is 0. The molecule has 0 rings (SSSR count). The topological polar surface area (TPSA) is 137 Å². The van der Waals surface area contributed by atoms with E-state index in [9.17, 15) is 4.79 Å². The van der Waals surface area contributed by atoms with Gasteiger partial charge in [0.15, 0.2) is 8.32 Å². The zero-order chi connectivity index (χ0) is 44.6. The highest BCUT2D eigenvalue weighted by atomic mass is 28.4. The molecule has 366 valence electrons.